The minimum atomic E-state index is -2.43. The second kappa shape index (κ2) is 15.7. The number of quaternary nitrogens is 1. The van der Waals surface area contributed by atoms with Crippen molar-refractivity contribution in [3.63, 3.8) is 0 Å². The van der Waals surface area contributed by atoms with E-state index in [1.165, 1.54) is 57.8 Å². The van der Waals surface area contributed by atoms with E-state index in [1.54, 1.807) is 0 Å². The summed E-state index contributed by atoms with van der Waals surface area (Å²) < 4.78 is 12.5. The van der Waals surface area contributed by atoms with Crippen LogP contribution >= 0.6 is 8.03 Å². The Kier molecular flexibility index (Phi) is 15.5. The molecule has 27 heavy (non-hydrogen) atoms. The summed E-state index contributed by atoms with van der Waals surface area (Å²) in [5, 5.41) is -0.600. The fourth-order valence-electron chi connectivity index (χ4n) is 3.93. The van der Waals surface area contributed by atoms with Gasteiger partial charge in [0, 0.05) is 12.8 Å². The summed E-state index contributed by atoms with van der Waals surface area (Å²) in [6.45, 7) is 4.35. The van der Waals surface area contributed by atoms with Crippen molar-refractivity contribution in [2.24, 2.45) is 0 Å². The van der Waals surface area contributed by atoms with Gasteiger partial charge < -0.3 is 4.89 Å². The molecule has 0 aromatic heterocycles. The van der Waals surface area contributed by atoms with E-state index in [0.717, 1.165) is 38.5 Å². The van der Waals surface area contributed by atoms with E-state index in [2.05, 4.69) is 26.0 Å². The zero-order chi connectivity index (χ0) is 20.6. The second-order valence-corrected chi connectivity index (χ2v) is 10.3. The van der Waals surface area contributed by atoms with Gasteiger partial charge in [0.1, 0.15) is 0 Å². The van der Waals surface area contributed by atoms with E-state index in [0.29, 0.717) is 4.48 Å². The van der Waals surface area contributed by atoms with Crippen molar-refractivity contribution in [1.82, 2.24) is 0 Å². The Labute approximate surface area is 171 Å². The third-order valence-electron chi connectivity index (χ3n) is 5.83. The Balaban J connectivity index is 3.89. The molecular formula is C23H47NO2P+. The third-order valence-corrected chi connectivity index (χ3v) is 7.55. The van der Waals surface area contributed by atoms with Crippen molar-refractivity contribution in [2.75, 3.05) is 21.1 Å². The van der Waals surface area contributed by atoms with Crippen LogP contribution in [0.4, 0.5) is 0 Å². The van der Waals surface area contributed by atoms with Crippen LogP contribution in [-0.4, -0.2) is 30.9 Å². The van der Waals surface area contributed by atoms with Gasteiger partial charge in [-0.05, 0) is 38.5 Å². The number of allylic oxidation sites excluding steroid dienone is 2. The standard InChI is InChI=1S/C23H47NO2P/c1-6-8-9-10-11-12-13-14-15-16-17-18-19-20-22-23(21-7-2,27(25)26)24(3,4)5/h15-16H,6-14,17-22H2,1-5H3/q+1. The molecule has 3 nitrogen and oxygen atoms in total. The van der Waals surface area contributed by atoms with Crippen molar-refractivity contribution >= 4 is 8.03 Å². The van der Waals surface area contributed by atoms with E-state index < -0.39 is 13.3 Å². The fraction of sp³-hybridized carbons (Fsp3) is 0.913. The summed E-state index contributed by atoms with van der Waals surface area (Å²) in [6, 6.07) is 0. The summed E-state index contributed by atoms with van der Waals surface area (Å²) in [4.78, 5) is 12.0. The van der Waals surface area contributed by atoms with Crippen molar-refractivity contribution in [3.8, 4) is 0 Å². The molecular weight excluding hydrogens is 353 g/mol. The Morgan fingerprint density at radius 2 is 1.22 bits per heavy atom. The first-order chi connectivity index (χ1) is 12.8. The molecule has 0 saturated heterocycles. The molecule has 0 aromatic rings. The Morgan fingerprint density at radius 3 is 1.67 bits per heavy atom. The van der Waals surface area contributed by atoms with Gasteiger partial charge in [-0.1, -0.05) is 75.5 Å². The molecule has 0 N–H and O–H groups in total. The molecule has 0 aliphatic rings. The van der Waals surface area contributed by atoms with Crippen LogP contribution in [0.1, 0.15) is 110 Å². The van der Waals surface area contributed by atoms with Crippen LogP contribution in [0.15, 0.2) is 12.2 Å². The first kappa shape index (κ1) is 26.8. The molecule has 160 valence electrons. The van der Waals surface area contributed by atoms with Crippen LogP contribution in [0.5, 0.6) is 0 Å². The van der Waals surface area contributed by atoms with Crippen LogP contribution in [0.25, 0.3) is 0 Å². The van der Waals surface area contributed by atoms with Crippen LogP contribution < -0.4 is 4.89 Å². The van der Waals surface area contributed by atoms with Gasteiger partial charge in [0.15, 0.2) is 0 Å². The lowest BCUT2D eigenvalue weighted by Gasteiger charge is -2.39. The number of hydrogen-bond donors (Lipinski definition) is 0. The first-order valence-electron chi connectivity index (χ1n) is 11.4. The van der Waals surface area contributed by atoms with Gasteiger partial charge >= 0.3 is 8.03 Å². The lowest BCUT2D eigenvalue weighted by atomic mass is 9.99. The van der Waals surface area contributed by atoms with Gasteiger partial charge in [-0.2, -0.15) is 0 Å². The Hall–Kier alpha value is -0.240. The number of rotatable bonds is 18. The van der Waals surface area contributed by atoms with Crippen molar-refractivity contribution in [1.29, 1.82) is 0 Å². The maximum Gasteiger partial charge on any atom is 0.376 e. The second-order valence-electron chi connectivity index (χ2n) is 8.98. The molecule has 0 aliphatic heterocycles. The number of unbranched alkanes of at least 4 members (excludes halogenated alkanes) is 10. The number of nitrogens with zero attached hydrogens (tertiary/aromatic N) is 1. The molecule has 0 saturated carbocycles. The molecule has 0 aliphatic carbocycles. The van der Waals surface area contributed by atoms with Crippen molar-refractivity contribution < 1.29 is 13.9 Å². The summed E-state index contributed by atoms with van der Waals surface area (Å²) in [5.41, 5.74) is 0. The van der Waals surface area contributed by atoms with E-state index in [4.69, 9.17) is 0 Å². The normalized spacial score (nSPS) is 15.3. The smallest absolute Gasteiger partial charge is 0.376 e. The summed E-state index contributed by atoms with van der Waals surface area (Å²) in [7, 11) is 3.64. The van der Waals surface area contributed by atoms with Gasteiger partial charge in [0.25, 0.3) is 5.28 Å². The molecule has 0 spiro atoms. The zero-order valence-electron chi connectivity index (χ0n) is 19.0. The average Bonchev–Trinajstić information content (AvgIpc) is 2.59. The maximum atomic E-state index is 12.0. The molecule has 0 heterocycles. The van der Waals surface area contributed by atoms with Crippen LogP contribution in [-0.2, 0) is 4.57 Å². The molecule has 4 heteroatoms. The quantitative estimate of drug-likeness (QED) is 0.108. The predicted octanol–water partition coefficient (Wildman–Crippen LogP) is 6.94. The fourth-order valence-corrected chi connectivity index (χ4v) is 5.16. The monoisotopic (exact) mass is 400 g/mol. The topological polar surface area (TPSA) is 40.1 Å². The highest BCUT2D eigenvalue weighted by atomic mass is 31.1. The summed E-state index contributed by atoms with van der Waals surface area (Å²) in [6.07, 6.45) is 22.4. The summed E-state index contributed by atoms with van der Waals surface area (Å²) >= 11 is 0. The highest BCUT2D eigenvalue weighted by molar-refractivity contribution is 7.38. The summed E-state index contributed by atoms with van der Waals surface area (Å²) in [5.74, 6) is 0. The van der Waals surface area contributed by atoms with E-state index in [9.17, 15) is 9.46 Å². The zero-order valence-corrected chi connectivity index (χ0v) is 19.9. The SMILES string of the molecule is CCCCCCCCCC=CCCCCCC(CCC)([P+](=O)[O-])[N+](C)(C)C. The largest absolute Gasteiger partial charge is 0.590 e. The molecule has 0 bridgehead atoms. The Bertz CT molecular complexity index is 404. The maximum absolute atomic E-state index is 12.0. The van der Waals surface area contributed by atoms with Gasteiger partial charge in [0.2, 0.25) is 0 Å². The average molecular weight is 401 g/mol. The molecule has 0 radical (unpaired) electrons. The van der Waals surface area contributed by atoms with Crippen LogP contribution in [0, 0.1) is 0 Å². The van der Waals surface area contributed by atoms with E-state index >= 15 is 0 Å². The molecule has 0 rings (SSSR count). The first-order valence-corrected chi connectivity index (χ1v) is 12.6. The predicted molar refractivity (Wildman–Crippen MR) is 118 cm³/mol. The van der Waals surface area contributed by atoms with Gasteiger partial charge in [0.05, 0.1) is 21.1 Å². The lowest BCUT2D eigenvalue weighted by Crippen LogP contribution is -2.55. The molecule has 2 unspecified atom stereocenters. The highest BCUT2D eigenvalue weighted by Crippen LogP contribution is 2.45. The van der Waals surface area contributed by atoms with Gasteiger partial charge in [-0.15, -0.1) is 0 Å². The molecule has 0 fully saturated rings. The van der Waals surface area contributed by atoms with Gasteiger partial charge in [-0.25, -0.2) is 0 Å². The van der Waals surface area contributed by atoms with Crippen LogP contribution in [0.3, 0.4) is 0 Å². The lowest BCUT2D eigenvalue weighted by molar-refractivity contribution is -0.910. The molecule has 0 aromatic carbocycles. The Morgan fingerprint density at radius 1 is 0.741 bits per heavy atom. The number of hydrogen-bond acceptors (Lipinski definition) is 2. The third kappa shape index (κ3) is 11.4. The molecule has 2 atom stereocenters. The minimum Gasteiger partial charge on any atom is -0.590 e. The van der Waals surface area contributed by atoms with Crippen molar-refractivity contribution in [2.45, 2.75) is 115 Å². The minimum absolute atomic E-state index is 0.512. The van der Waals surface area contributed by atoms with E-state index in [-0.39, 0.29) is 0 Å². The van der Waals surface area contributed by atoms with E-state index in [1.807, 2.05) is 21.1 Å². The highest BCUT2D eigenvalue weighted by Gasteiger charge is 2.53. The molecule has 0 amide bonds. The van der Waals surface area contributed by atoms with Gasteiger partial charge in [-0.3, -0.25) is 4.48 Å². The van der Waals surface area contributed by atoms with Crippen molar-refractivity contribution in [3.05, 3.63) is 12.2 Å². The van der Waals surface area contributed by atoms with Crippen LogP contribution in [0.2, 0.25) is 0 Å².